The topological polar surface area (TPSA) is 46.4 Å². The number of halogens is 1. The molecule has 0 amide bonds. The van der Waals surface area contributed by atoms with Gasteiger partial charge in [-0.1, -0.05) is 49.4 Å². The van der Waals surface area contributed by atoms with E-state index in [1.807, 2.05) is 31.2 Å². The molecular formula is C25H24FN3O. The molecule has 4 rings (SSSR count). The number of fused-ring (bicyclic) bond motifs is 1. The van der Waals surface area contributed by atoms with Crippen molar-refractivity contribution in [3.63, 3.8) is 0 Å². The van der Waals surface area contributed by atoms with Gasteiger partial charge in [-0.3, -0.25) is 9.20 Å². The Morgan fingerprint density at radius 2 is 1.77 bits per heavy atom. The molecule has 0 fully saturated rings. The van der Waals surface area contributed by atoms with Crippen LogP contribution in [0.4, 0.5) is 4.39 Å². The summed E-state index contributed by atoms with van der Waals surface area (Å²) in [6.45, 7) is 4.38. The van der Waals surface area contributed by atoms with E-state index in [0.717, 1.165) is 23.2 Å². The van der Waals surface area contributed by atoms with Crippen molar-refractivity contribution in [2.24, 2.45) is 0 Å². The number of hydrogen-bond donors (Lipinski definition) is 1. The highest BCUT2D eigenvalue weighted by atomic mass is 19.1. The lowest BCUT2D eigenvalue weighted by atomic mass is 9.97. The predicted octanol–water partition coefficient (Wildman–Crippen LogP) is 4.58. The molecule has 0 aliphatic carbocycles. The van der Waals surface area contributed by atoms with Crippen molar-refractivity contribution >= 4 is 5.65 Å². The van der Waals surface area contributed by atoms with Crippen molar-refractivity contribution < 1.29 is 4.39 Å². The molecule has 152 valence electrons. The maximum Gasteiger partial charge on any atom is 0.258 e. The third kappa shape index (κ3) is 4.16. The Bertz CT molecular complexity index is 1230. The van der Waals surface area contributed by atoms with Crippen LogP contribution < -0.4 is 10.9 Å². The van der Waals surface area contributed by atoms with Crippen LogP contribution in [0.5, 0.6) is 0 Å². The molecular weight excluding hydrogens is 377 g/mol. The quantitative estimate of drug-likeness (QED) is 0.514. The zero-order valence-corrected chi connectivity index (χ0v) is 17.1. The minimum Gasteiger partial charge on any atom is -0.301 e. The van der Waals surface area contributed by atoms with Gasteiger partial charge in [0.15, 0.2) is 0 Å². The molecule has 5 heteroatoms. The Morgan fingerprint density at radius 3 is 2.50 bits per heavy atom. The molecule has 0 bridgehead atoms. The number of hydrogen-bond acceptors (Lipinski definition) is 3. The van der Waals surface area contributed by atoms with Crippen molar-refractivity contribution in [1.29, 1.82) is 0 Å². The van der Waals surface area contributed by atoms with Crippen LogP contribution >= 0.6 is 0 Å². The van der Waals surface area contributed by atoms with Crippen LogP contribution in [0.25, 0.3) is 5.65 Å². The van der Waals surface area contributed by atoms with Crippen molar-refractivity contribution in [3.05, 3.63) is 117 Å². The second-order valence-corrected chi connectivity index (χ2v) is 7.41. The van der Waals surface area contributed by atoms with E-state index in [1.165, 1.54) is 17.7 Å². The summed E-state index contributed by atoms with van der Waals surface area (Å²) in [5.41, 5.74) is 5.11. The van der Waals surface area contributed by atoms with Crippen LogP contribution in [-0.4, -0.2) is 9.38 Å². The van der Waals surface area contributed by atoms with Gasteiger partial charge < -0.3 is 5.32 Å². The summed E-state index contributed by atoms with van der Waals surface area (Å²) >= 11 is 0. The highest BCUT2D eigenvalue weighted by Crippen LogP contribution is 2.24. The van der Waals surface area contributed by atoms with E-state index in [4.69, 9.17) is 0 Å². The van der Waals surface area contributed by atoms with Gasteiger partial charge in [0, 0.05) is 18.3 Å². The average Bonchev–Trinajstić information content (AvgIpc) is 2.74. The van der Waals surface area contributed by atoms with Gasteiger partial charge in [-0.2, -0.15) is 0 Å². The summed E-state index contributed by atoms with van der Waals surface area (Å²) in [4.78, 5) is 17.2. The number of benzene rings is 2. The zero-order chi connectivity index (χ0) is 21.1. The van der Waals surface area contributed by atoms with Gasteiger partial charge in [0.2, 0.25) is 0 Å². The smallest absolute Gasteiger partial charge is 0.258 e. The largest absolute Gasteiger partial charge is 0.301 e. The molecule has 30 heavy (non-hydrogen) atoms. The Hall–Kier alpha value is -3.31. The lowest BCUT2D eigenvalue weighted by molar-refractivity contribution is 0.583. The molecule has 0 saturated heterocycles. The van der Waals surface area contributed by atoms with Gasteiger partial charge in [0.1, 0.15) is 11.5 Å². The molecule has 2 aromatic carbocycles. The molecule has 2 aromatic heterocycles. The number of rotatable bonds is 6. The second kappa shape index (κ2) is 8.59. The van der Waals surface area contributed by atoms with E-state index in [0.29, 0.717) is 17.9 Å². The first-order valence-electron chi connectivity index (χ1n) is 10.1. The van der Waals surface area contributed by atoms with E-state index in [1.54, 1.807) is 16.5 Å². The maximum absolute atomic E-state index is 13.9. The Labute approximate surface area is 175 Å². The lowest BCUT2D eigenvalue weighted by Gasteiger charge is -2.20. The van der Waals surface area contributed by atoms with Crippen molar-refractivity contribution in [1.82, 2.24) is 14.7 Å². The van der Waals surface area contributed by atoms with Crippen LogP contribution in [0.1, 0.15) is 41.0 Å². The third-order valence-corrected chi connectivity index (χ3v) is 5.32. The summed E-state index contributed by atoms with van der Waals surface area (Å²) in [5, 5.41) is 3.46. The maximum atomic E-state index is 13.9. The highest BCUT2D eigenvalue weighted by molar-refractivity contribution is 5.40. The first kappa shape index (κ1) is 20.0. The molecule has 0 aliphatic rings. The second-order valence-electron chi connectivity index (χ2n) is 7.41. The SMILES string of the molecule is CCc1ccc([C@H](NCc2cc(=O)n3c(C)cccc3n2)c2cccc(F)c2)cc1. The average molecular weight is 401 g/mol. The molecule has 2 heterocycles. The van der Waals surface area contributed by atoms with E-state index >= 15 is 0 Å². The first-order valence-corrected chi connectivity index (χ1v) is 10.1. The molecule has 0 unspecified atom stereocenters. The highest BCUT2D eigenvalue weighted by Gasteiger charge is 2.15. The normalized spacial score (nSPS) is 12.2. The van der Waals surface area contributed by atoms with Gasteiger partial charge in [-0.05, 0) is 54.3 Å². The molecule has 0 aliphatic heterocycles. The fraction of sp³-hybridized carbons (Fsp3) is 0.200. The van der Waals surface area contributed by atoms with Crippen molar-refractivity contribution in [2.45, 2.75) is 32.9 Å². The number of aromatic nitrogens is 2. The van der Waals surface area contributed by atoms with Crippen LogP contribution in [-0.2, 0) is 13.0 Å². The zero-order valence-electron chi connectivity index (χ0n) is 17.1. The molecule has 1 atom stereocenters. The molecule has 4 aromatic rings. The monoisotopic (exact) mass is 401 g/mol. The minimum atomic E-state index is -0.276. The van der Waals surface area contributed by atoms with Crippen LogP contribution in [0, 0.1) is 12.7 Å². The summed E-state index contributed by atoms with van der Waals surface area (Å²) in [7, 11) is 0. The van der Waals surface area contributed by atoms with Gasteiger partial charge >= 0.3 is 0 Å². The first-order chi connectivity index (χ1) is 14.5. The van der Waals surface area contributed by atoms with E-state index in [2.05, 4.69) is 41.5 Å². The standard InChI is InChI=1S/C25H24FN3O/c1-3-18-10-12-19(13-11-18)25(20-7-5-8-21(26)14-20)27-16-22-15-24(30)29-17(2)6-4-9-23(29)28-22/h4-15,25,27H,3,16H2,1-2H3/t25-/m0/s1. The third-order valence-electron chi connectivity index (χ3n) is 5.32. The molecule has 4 nitrogen and oxygen atoms in total. The van der Waals surface area contributed by atoms with Crippen LogP contribution in [0.3, 0.4) is 0 Å². The number of pyridine rings is 1. The fourth-order valence-electron chi connectivity index (χ4n) is 3.72. The van der Waals surface area contributed by atoms with Crippen LogP contribution in [0.15, 0.2) is 77.6 Å². The minimum absolute atomic E-state index is 0.107. The van der Waals surface area contributed by atoms with E-state index in [-0.39, 0.29) is 17.4 Å². The Kier molecular flexibility index (Phi) is 5.72. The van der Waals surface area contributed by atoms with E-state index in [9.17, 15) is 9.18 Å². The number of aryl methyl sites for hydroxylation is 2. The lowest BCUT2D eigenvalue weighted by Crippen LogP contribution is -2.25. The molecule has 0 radical (unpaired) electrons. The van der Waals surface area contributed by atoms with Crippen molar-refractivity contribution in [2.75, 3.05) is 0 Å². The van der Waals surface area contributed by atoms with Crippen molar-refractivity contribution in [3.8, 4) is 0 Å². The van der Waals surface area contributed by atoms with Gasteiger partial charge in [0.05, 0.1) is 11.7 Å². The molecule has 0 saturated carbocycles. The summed E-state index contributed by atoms with van der Waals surface area (Å²) < 4.78 is 15.5. The predicted molar refractivity (Wildman–Crippen MR) is 117 cm³/mol. The Morgan fingerprint density at radius 1 is 1.00 bits per heavy atom. The number of nitrogens with zero attached hydrogens (tertiary/aromatic N) is 2. The molecule has 1 N–H and O–H groups in total. The number of nitrogens with one attached hydrogen (secondary N) is 1. The summed E-state index contributed by atoms with van der Waals surface area (Å²) in [5.74, 6) is -0.276. The van der Waals surface area contributed by atoms with Crippen LogP contribution in [0.2, 0.25) is 0 Å². The van der Waals surface area contributed by atoms with E-state index < -0.39 is 0 Å². The summed E-state index contributed by atoms with van der Waals surface area (Å²) in [6, 6.07) is 21.8. The van der Waals surface area contributed by atoms with Gasteiger partial charge in [-0.15, -0.1) is 0 Å². The van der Waals surface area contributed by atoms with Gasteiger partial charge in [0.25, 0.3) is 5.56 Å². The fourth-order valence-corrected chi connectivity index (χ4v) is 3.72. The Balaban J connectivity index is 1.67. The van der Waals surface area contributed by atoms with Gasteiger partial charge in [-0.25, -0.2) is 9.37 Å². The molecule has 0 spiro atoms. The summed E-state index contributed by atoms with van der Waals surface area (Å²) in [6.07, 6.45) is 0.961.